The van der Waals surface area contributed by atoms with Gasteiger partial charge in [-0.25, -0.2) is 0 Å². The number of nitrogens with one attached hydrogen (secondary N) is 1. The molecular formula is C11H14FN3O2. The molecule has 1 fully saturated rings. The highest BCUT2D eigenvalue weighted by molar-refractivity contribution is 5.64. The minimum atomic E-state index is -0.779. The zero-order valence-electron chi connectivity index (χ0n) is 9.52. The van der Waals surface area contributed by atoms with Crippen LogP contribution in [0.15, 0.2) is 18.2 Å². The maximum absolute atomic E-state index is 13.5. The first-order chi connectivity index (χ1) is 8.09. The fourth-order valence-electron chi connectivity index (χ4n) is 2.09. The molecule has 1 heterocycles. The molecule has 2 rings (SSSR count). The summed E-state index contributed by atoms with van der Waals surface area (Å²) in [7, 11) is 0. The number of rotatable bonds is 2. The minimum absolute atomic E-state index is 0.242. The summed E-state index contributed by atoms with van der Waals surface area (Å²) in [6.45, 7) is 4.03. The molecule has 92 valence electrons. The molecule has 1 atom stereocenters. The number of piperazine rings is 1. The molecule has 1 aromatic carbocycles. The van der Waals surface area contributed by atoms with E-state index in [0.717, 1.165) is 12.6 Å². The monoisotopic (exact) mass is 239 g/mol. The normalized spacial score (nSPS) is 20.4. The highest BCUT2D eigenvalue weighted by Gasteiger charge is 2.26. The predicted octanol–water partition coefficient (Wildman–Crippen LogP) is 1.53. The van der Waals surface area contributed by atoms with Crippen molar-refractivity contribution in [2.24, 2.45) is 0 Å². The van der Waals surface area contributed by atoms with Crippen molar-refractivity contribution in [1.29, 1.82) is 0 Å². The van der Waals surface area contributed by atoms with Gasteiger partial charge in [-0.3, -0.25) is 10.1 Å². The molecule has 0 saturated carbocycles. The quantitative estimate of drug-likeness (QED) is 0.628. The summed E-state index contributed by atoms with van der Waals surface area (Å²) in [6, 6.07) is 4.46. The molecule has 6 heteroatoms. The molecule has 5 nitrogen and oxygen atoms in total. The van der Waals surface area contributed by atoms with Crippen molar-refractivity contribution in [3.63, 3.8) is 0 Å². The predicted molar refractivity (Wildman–Crippen MR) is 62.7 cm³/mol. The molecule has 0 radical (unpaired) electrons. The van der Waals surface area contributed by atoms with E-state index in [1.54, 1.807) is 6.07 Å². The highest BCUT2D eigenvalue weighted by Crippen LogP contribution is 2.31. The van der Waals surface area contributed by atoms with Crippen LogP contribution >= 0.6 is 0 Å². The van der Waals surface area contributed by atoms with E-state index in [-0.39, 0.29) is 6.04 Å². The summed E-state index contributed by atoms with van der Waals surface area (Å²) in [6.07, 6.45) is 0. The van der Waals surface area contributed by atoms with Gasteiger partial charge in [0.2, 0.25) is 5.82 Å². The first kappa shape index (κ1) is 11.8. The largest absolute Gasteiger partial charge is 0.363 e. The number of anilines is 1. The van der Waals surface area contributed by atoms with Crippen LogP contribution in [0.3, 0.4) is 0 Å². The van der Waals surface area contributed by atoms with Gasteiger partial charge in [0.05, 0.1) is 4.92 Å². The Bertz CT molecular complexity index is 439. The van der Waals surface area contributed by atoms with Crippen LogP contribution in [-0.2, 0) is 0 Å². The van der Waals surface area contributed by atoms with E-state index in [4.69, 9.17) is 0 Å². The first-order valence-corrected chi connectivity index (χ1v) is 5.51. The zero-order valence-corrected chi connectivity index (χ0v) is 9.52. The van der Waals surface area contributed by atoms with Crippen molar-refractivity contribution in [1.82, 2.24) is 5.32 Å². The second kappa shape index (κ2) is 4.67. The van der Waals surface area contributed by atoms with Crippen LogP contribution in [0, 0.1) is 15.9 Å². The van der Waals surface area contributed by atoms with Crippen LogP contribution in [0.5, 0.6) is 0 Å². The van der Waals surface area contributed by atoms with Crippen LogP contribution in [0.1, 0.15) is 6.92 Å². The van der Waals surface area contributed by atoms with Crippen molar-refractivity contribution in [2.45, 2.75) is 13.0 Å². The van der Waals surface area contributed by atoms with E-state index < -0.39 is 16.4 Å². The van der Waals surface area contributed by atoms with Crippen LogP contribution in [0.2, 0.25) is 0 Å². The lowest BCUT2D eigenvalue weighted by Crippen LogP contribution is -2.49. The molecule has 0 spiro atoms. The van der Waals surface area contributed by atoms with E-state index in [0.29, 0.717) is 18.8 Å². The molecule has 1 unspecified atom stereocenters. The van der Waals surface area contributed by atoms with E-state index >= 15 is 0 Å². The maximum atomic E-state index is 13.5. The lowest BCUT2D eigenvalue weighted by molar-refractivity contribution is -0.386. The Balaban J connectivity index is 2.37. The summed E-state index contributed by atoms with van der Waals surface area (Å²) < 4.78 is 13.5. The van der Waals surface area contributed by atoms with Gasteiger partial charge in [0, 0.05) is 25.7 Å². The number of nitrogens with zero attached hydrogens (tertiary/aromatic N) is 2. The fraction of sp³-hybridized carbons (Fsp3) is 0.455. The fourth-order valence-corrected chi connectivity index (χ4v) is 2.09. The number of hydrogen-bond donors (Lipinski definition) is 1. The second-order valence-corrected chi connectivity index (χ2v) is 4.17. The molecule has 0 aliphatic carbocycles. The van der Waals surface area contributed by atoms with Crippen molar-refractivity contribution in [3.8, 4) is 0 Å². The number of nitro benzene ring substituents is 1. The summed E-state index contributed by atoms with van der Waals surface area (Å²) in [5, 5.41) is 14.1. The van der Waals surface area contributed by atoms with Crippen LogP contribution in [0.4, 0.5) is 15.8 Å². The number of nitro groups is 1. The topological polar surface area (TPSA) is 58.4 Å². The minimum Gasteiger partial charge on any atom is -0.363 e. The third-order valence-corrected chi connectivity index (χ3v) is 2.86. The Labute approximate surface area is 98.4 Å². The van der Waals surface area contributed by atoms with Gasteiger partial charge in [-0.1, -0.05) is 6.07 Å². The van der Waals surface area contributed by atoms with Gasteiger partial charge in [-0.05, 0) is 19.1 Å². The summed E-state index contributed by atoms with van der Waals surface area (Å²) in [4.78, 5) is 12.1. The number of benzene rings is 1. The third kappa shape index (κ3) is 2.36. The van der Waals surface area contributed by atoms with E-state index in [9.17, 15) is 14.5 Å². The molecule has 1 aliphatic heterocycles. The van der Waals surface area contributed by atoms with Gasteiger partial charge in [0.25, 0.3) is 0 Å². The Morgan fingerprint density at radius 3 is 3.00 bits per heavy atom. The van der Waals surface area contributed by atoms with Crippen LogP contribution in [-0.4, -0.2) is 30.6 Å². The molecule has 0 bridgehead atoms. The van der Waals surface area contributed by atoms with Gasteiger partial charge in [-0.2, -0.15) is 4.39 Å². The van der Waals surface area contributed by atoms with Gasteiger partial charge in [0.15, 0.2) is 0 Å². The summed E-state index contributed by atoms with van der Waals surface area (Å²) in [5.74, 6) is -0.779. The zero-order chi connectivity index (χ0) is 12.4. The van der Waals surface area contributed by atoms with E-state index in [1.165, 1.54) is 6.07 Å². The van der Waals surface area contributed by atoms with Crippen LogP contribution < -0.4 is 10.2 Å². The molecule has 1 saturated heterocycles. The van der Waals surface area contributed by atoms with Gasteiger partial charge < -0.3 is 10.2 Å². The van der Waals surface area contributed by atoms with E-state index in [1.807, 2.05) is 11.8 Å². The molecular weight excluding hydrogens is 225 g/mol. The van der Waals surface area contributed by atoms with Crippen molar-refractivity contribution >= 4 is 11.4 Å². The molecule has 0 aromatic heterocycles. The van der Waals surface area contributed by atoms with Gasteiger partial charge >= 0.3 is 5.69 Å². The van der Waals surface area contributed by atoms with Crippen LogP contribution in [0.25, 0.3) is 0 Å². The first-order valence-electron chi connectivity index (χ1n) is 5.51. The van der Waals surface area contributed by atoms with Crippen molar-refractivity contribution in [2.75, 3.05) is 24.5 Å². The second-order valence-electron chi connectivity index (χ2n) is 4.17. The van der Waals surface area contributed by atoms with Crippen molar-refractivity contribution < 1.29 is 9.31 Å². The smallest absolute Gasteiger partial charge is 0.327 e. The standard InChI is InChI=1S/C11H14FN3O2/c1-8-7-14(6-5-13-8)10-4-2-3-9(12)11(10)15(16)17/h2-4,8,13H,5-7H2,1H3. The van der Waals surface area contributed by atoms with Gasteiger partial charge in [-0.15, -0.1) is 0 Å². The third-order valence-electron chi connectivity index (χ3n) is 2.86. The molecule has 0 amide bonds. The maximum Gasteiger partial charge on any atom is 0.327 e. The lowest BCUT2D eigenvalue weighted by atomic mass is 10.1. The number of para-hydroxylation sites is 1. The molecule has 17 heavy (non-hydrogen) atoms. The summed E-state index contributed by atoms with van der Waals surface area (Å²) in [5.41, 5.74) is -0.0649. The van der Waals surface area contributed by atoms with Gasteiger partial charge in [0.1, 0.15) is 5.69 Å². The molecule has 1 aliphatic rings. The molecule has 1 aromatic rings. The average Bonchev–Trinajstić information content (AvgIpc) is 2.28. The average molecular weight is 239 g/mol. The van der Waals surface area contributed by atoms with E-state index in [2.05, 4.69) is 5.32 Å². The Hall–Kier alpha value is -1.69. The Morgan fingerprint density at radius 2 is 2.35 bits per heavy atom. The highest BCUT2D eigenvalue weighted by atomic mass is 19.1. The number of hydrogen-bond acceptors (Lipinski definition) is 4. The lowest BCUT2D eigenvalue weighted by Gasteiger charge is -2.33. The molecule has 1 N–H and O–H groups in total. The van der Waals surface area contributed by atoms with Crippen molar-refractivity contribution in [3.05, 3.63) is 34.1 Å². The Morgan fingerprint density at radius 1 is 1.59 bits per heavy atom. The Kier molecular flexibility index (Phi) is 3.23. The SMILES string of the molecule is CC1CN(c2cccc(F)c2[N+](=O)[O-])CCN1. The summed E-state index contributed by atoms with van der Waals surface area (Å²) >= 11 is 0. The number of halogens is 1.